The Morgan fingerprint density at radius 1 is 0.980 bits per heavy atom. The highest BCUT2D eigenvalue weighted by molar-refractivity contribution is 6.05. The van der Waals surface area contributed by atoms with Crippen LogP contribution in [-0.4, -0.2) is 74.2 Å². The Morgan fingerprint density at radius 3 is 2.54 bits per heavy atom. The molecule has 6 rings (SSSR count). The van der Waals surface area contributed by atoms with E-state index >= 15 is 0 Å². The zero-order chi connectivity index (χ0) is 35.4. The van der Waals surface area contributed by atoms with Crippen molar-refractivity contribution in [2.45, 2.75) is 45.7 Å². The number of nitrogens with one attached hydrogen (secondary N) is 1. The summed E-state index contributed by atoms with van der Waals surface area (Å²) in [6.45, 7) is 3.89. The topological polar surface area (TPSA) is 135 Å². The number of pyridine rings is 1. The van der Waals surface area contributed by atoms with Crippen molar-refractivity contribution in [3.8, 4) is 11.4 Å². The second-order valence-corrected chi connectivity index (χ2v) is 12.1. The predicted octanol–water partition coefficient (Wildman–Crippen LogP) is 4.41. The molecule has 3 aromatic heterocycles. The summed E-state index contributed by atoms with van der Waals surface area (Å²) in [4.78, 5) is 68.6. The lowest BCUT2D eigenvalue weighted by Crippen LogP contribution is -2.40. The van der Waals surface area contributed by atoms with E-state index in [1.54, 1.807) is 30.2 Å². The predicted molar refractivity (Wildman–Crippen MR) is 183 cm³/mol. The number of aryl methyl sites for hydroxylation is 1. The Labute approximate surface area is 286 Å². The van der Waals surface area contributed by atoms with E-state index in [1.165, 1.54) is 26.3 Å². The summed E-state index contributed by atoms with van der Waals surface area (Å²) in [5.41, 5.74) is 1.55. The first-order chi connectivity index (χ1) is 24.2. The van der Waals surface area contributed by atoms with Crippen molar-refractivity contribution in [3.05, 3.63) is 110 Å². The van der Waals surface area contributed by atoms with Crippen molar-refractivity contribution in [2.24, 2.45) is 0 Å². The summed E-state index contributed by atoms with van der Waals surface area (Å²) in [7, 11) is 1.57. The van der Waals surface area contributed by atoms with Gasteiger partial charge in [-0.2, -0.15) is 0 Å². The number of imidazole rings is 1. The fraction of sp³-hybridized carbons (Fsp3) is 0.333. The molecule has 0 unspecified atom stereocenters. The minimum Gasteiger partial charge on any atom is -0.385 e. The fourth-order valence-electron chi connectivity index (χ4n) is 6.19. The molecule has 0 radical (unpaired) electrons. The highest BCUT2D eigenvalue weighted by Crippen LogP contribution is 2.24. The van der Waals surface area contributed by atoms with E-state index in [2.05, 4.69) is 15.0 Å². The van der Waals surface area contributed by atoms with Gasteiger partial charge in [-0.1, -0.05) is 25.1 Å². The summed E-state index contributed by atoms with van der Waals surface area (Å²) in [5.74, 6) is -2.37. The largest absolute Gasteiger partial charge is 0.385 e. The maximum Gasteiger partial charge on any atom is 0.332 e. The van der Waals surface area contributed by atoms with Crippen molar-refractivity contribution < 1.29 is 23.1 Å². The molecule has 0 saturated heterocycles. The quantitative estimate of drug-likeness (QED) is 0.182. The summed E-state index contributed by atoms with van der Waals surface area (Å²) in [5, 5.41) is 0. The molecule has 1 N–H and O–H groups in total. The van der Waals surface area contributed by atoms with Crippen molar-refractivity contribution in [2.75, 3.05) is 38.3 Å². The van der Waals surface area contributed by atoms with Gasteiger partial charge >= 0.3 is 5.69 Å². The number of benzene rings is 2. The van der Waals surface area contributed by atoms with Crippen LogP contribution in [0.3, 0.4) is 0 Å². The second kappa shape index (κ2) is 14.9. The molecule has 260 valence electrons. The van der Waals surface area contributed by atoms with Crippen molar-refractivity contribution >= 4 is 28.8 Å². The van der Waals surface area contributed by atoms with Gasteiger partial charge < -0.3 is 14.6 Å². The minimum atomic E-state index is -1.15. The van der Waals surface area contributed by atoms with Gasteiger partial charge in [0.25, 0.3) is 17.4 Å². The van der Waals surface area contributed by atoms with Crippen LogP contribution in [0.2, 0.25) is 0 Å². The molecule has 4 heterocycles. The van der Waals surface area contributed by atoms with Crippen LogP contribution in [0.5, 0.6) is 0 Å². The summed E-state index contributed by atoms with van der Waals surface area (Å²) in [6.07, 6.45) is 3.71. The number of carbonyl (C=O) groups excluding carboxylic acids is 2. The highest BCUT2D eigenvalue weighted by atomic mass is 19.2. The number of methoxy groups -OCH3 is 1. The Balaban J connectivity index is 1.29. The molecule has 5 aromatic rings. The molecule has 12 nitrogen and oxygen atoms in total. The molecule has 2 aromatic carbocycles. The molecular weight excluding hydrogens is 648 g/mol. The van der Waals surface area contributed by atoms with Crippen molar-refractivity contribution in [1.82, 2.24) is 29.0 Å². The SMILES string of the molecule is CCCn1c(=O)c2[nH]c(-c3ccc(N(CCCN4CCc5ccccc5C4=O)C(=O)c4ccc(F)c(F)c4)nc3)nc2n(CCCOC)c1=O. The lowest BCUT2D eigenvalue weighted by Gasteiger charge is -2.29. The number of rotatable bonds is 13. The van der Waals surface area contributed by atoms with Gasteiger partial charge in [-0.3, -0.25) is 28.4 Å². The van der Waals surface area contributed by atoms with Gasteiger partial charge in [0.2, 0.25) is 0 Å². The number of fused-ring (bicyclic) bond motifs is 2. The van der Waals surface area contributed by atoms with Crippen molar-refractivity contribution in [1.29, 1.82) is 0 Å². The van der Waals surface area contributed by atoms with E-state index in [9.17, 15) is 28.0 Å². The van der Waals surface area contributed by atoms with Gasteiger partial charge in [-0.15, -0.1) is 0 Å². The standard InChI is InChI=1S/C36H37F2N7O5/c1-3-15-45-35(48)30-32(44(36(45)49)18-7-20-50-2)41-31(40-30)25-11-13-29(39-22-25)43(33(46)24-10-12-27(37)28(38)21-24)17-6-16-42-19-14-23-8-4-5-9-26(23)34(42)47/h4-5,8-13,21-22H,3,6-7,14-20H2,1-2H3,(H,40,41). The third kappa shape index (κ3) is 6.83. The number of carbonyl (C=O) groups is 2. The smallest absolute Gasteiger partial charge is 0.332 e. The zero-order valence-corrected chi connectivity index (χ0v) is 27.8. The average molecular weight is 686 g/mol. The Kier molecular flexibility index (Phi) is 10.3. The number of H-pyrrole nitrogens is 1. The monoisotopic (exact) mass is 685 g/mol. The van der Waals surface area contributed by atoms with Gasteiger partial charge in [0.1, 0.15) is 17.2 Å². The number of nitrogens with zero attached hydrogens (tertiary/aromatic N) is 6. The average Bonchev–Trinajstić information content (AvgIpc) is 3.58. The van der Waals surface area contributed by atoms with Crippen LogP contribution in [-0.2, 0) is 24.2 Å². The molecule has 14 heteroatoms. The van der Waals surface area contributed by atoms with Gasteiger partial charge in [-0.05, 0) is 67.6 Å². The van der Waals surface area contributed by atoms with Gasteiger partial charge in [0.15, 0.2) is 17.3 Å². The summed E-state index contributed by atoms with van der Waals surface area (Å²) < 4.78 is 35.7. The van der Waals surface area contributed by atoms with E-state index in [4.69, 9.17) is 4.74 Å². The fourth-order valence-corrected chi connectivity index (χ4v) is 6.19. The van der Waals surface area contributed by atoms with Crippen molar-refractivity contribution in [3.63, 3.8) is 0 Å². The highest BCUT2D eigenvalue weighted by Gasteiger charge is 2.26. The van der Waals surface area contributed by atoms with E-state index in [0.29, 0.717) is 62.5 Å². The first kappa shape index (κ1) is 34.4. The number of aromatic nitrogens is 5. The van der Waals surface area contributed by atoms with Gasteiger partial charge in [0.05, 0.1) is 0 Å². The van der Waals surface area contributed by atoms with E-state index < -0.39 is 28.8 Å². The third-order valence-corrected chi connectivity index (χ3v) is 8.74. The van der Waals surface area contributed by atoms with E-state index in [0.717, 1.165) is 24.1 Å². The molecule has 1 aliphatic heterocycles. The second-order valence-electron chi connectivity index (χ2n) is 12.1. The number of ether oxygens (including phenoxy) is 1. The lowest BCUT2D eigenvalue weighted by molar-refractivity contribution is 0.0738. The third-order valence-electron chi connectivity index (χ3n) is 8.74. The molecule has 0 atom stereocenters. The zero-order valence-electron chi connectivity index (χ0n) is 27.8. The molecule has 0 spiro atoms. The Hall–Kier alpha value is -5.50. The Bertz CT molecular complexity index is 2160. The number of anilines is 1. The normalized spacial score (nSPS) is 12.8. The first-order valence-corrected chi connectivity index (χ1v) is 16.5. The molecule has 2 amide bonds. The molecule has 50 heavy (non-hydrogen) atoms. The van der Waals surface area contributed by atoms with Gasteiger partial charge in [0, 0.05) is 69.3 Å². The maximum atomic E-state index is 14.2. The summed E-state index contributed by atoms with van der Waals surface area (Å²) in [6, 6.07) is 13.7. The van der Waals surface area contributed by atoms with Crippen LogP contribution in [0.25, 0.3) is 22.6 Å². The molecule has 0 fully saturated rings. The molecule has 1 aliphatic rings. The van der Waals surface area contributed by atoms with Gasteiger partial charge in [-0.25, -0.2) is 23.5 Å². The number of hydrogen-bond acceptors (Lipinski definition) is 7. The van der Waals surface area contributed by atoms with Crippen LogP contribution in [0.1, 0.15) is 52.5 Å². The Morgan fingerprint density at radius 2 is 1.80 bits per heavy atom. The number of hydrogen-bond donors (Lipinski definition) is 1. The lowest BCUT2D eigenvalue weighted by atomic mass is 9.99. The molecular formula is C36H37F2N7O5. The van der Waals surface area contributed by atoms with E-state index in [1.807, 2.05) is 25.1 Å². The maximum absolute atomic E-state index is 14.2. The first-order valence-electron chi connectivity index (χ1n) is 16.5. The summed E-state index contributed by atoms with van der Waals surface area (Å²) >= 11 is 0. The number of aromatic amines is 1. The molecule has 0 bridgehead atoms. The minimum absolute atomic E-state index is 0.0650. The van der Waals surface area contributed by atoms with Crippen LogP contribution >= 0.6 is 0 Å². The van der Waals surface area contributed by atoms with Crippen LogP contribution in [0, 0.1) is 11.6 Å². The molecule has 0 aliphatic carbocycles. The van der Waals surface area contributed by atoms with Crippen LogP contribution in [0.4, 0.5) is 14.6 Å². The van der Waals surface area contributed by atoms with Crippen LogP contribution in [0.15, 0.2) is 70.4 Å². The molecule has 0 saturated carbocycles. The number of amides is 2. The van der Waals surface area contributed by atoms with E-state index in [-0.39, 0.29) is 41.5 Å². The van der Waals surface area contributed by atoms with Crippen LogP contribution < -0.4 is 16.1 Å². The number of halogens is 2.